The first-order chi connectivity index (χ1) is 14.6. The fourth-order valence-electron chi connectivity index (χ4n) is 3.33. The van der Waals surface area contributed by atoms with Gasteiger partial charge in [-0.25, -0.2) is 18.2 Å². The molecule has 3 aromatic rings. The topological polar surface area (TPSA) is 106 Å². The summed E-state index contributed by atoms with van der Waals surface area (Å²) in [5.74, 6) is -0.589. The van der Waals surface area contributed by atoms with Gasteiger partial charge in [-0.05, 0) is 75.2 Å². The molecule has 7 nitrogen and oxygen atoms in total. The first-order valence-electron chi connectivity index (χ1n) is 9.60. The number of carboxylic acid groups (broad SMARTS) is 1. The summed E-state index contributed by atoms with van der Waals surface area (Å²) in [5.41, 5.74) is 4.60. The van der Waals surface area contributed by atoms with Crippen molar-refractivity contribution in [2.45, 2.75) is 37.5 Å². The number of sulfone groups is 1. The summed E-state index contributed by atoms with van der Waals surface area (Å²) in [4.78, 5) is 15.2. The van der Waals surface area contributed by atoms with Crippen molar-refractivity contribution in [2.75, 3.05) is 11.9 Å². The minimum Gasteiger partial charge on any atom is -0.482 e. The third kappa shape index (κ3) is 5.03. The van der Waals surface area contributed by atoms with Gasteiger partial charge in [0.25, 0.3) is 0 Å². The van der Waals surface area contributed by atoms with Crippen LogP contribution < -0.4 is 10.1 Å². The third-order valence-corrected chi connectivity index (χ3v) is 6.50. The number of rotatable bonds is 7. The highest BCUT2D eigenvalue weighted by Crippen LogP contribution is 2.32. The maximum Gasteiger partial charge on any atom is 0.341 e. The average molecular weight is 441 g/mol. The molecule has 0 fully saturated rings. The van der Waals surface area contributed by atoms with E-state index < -0.39 is 22.4 Å². The van der Waals surface area contributed by atoms with Gasteiger partial charge >= 0.3 is 5.97 Å². The van der Waals surface area contributed by atoms with Gasteiger partial charge in [0, 0.05) is 11.4 Å². The van der Waals surface area contributed by atoms with E-state index in [2.05, 4.69) is 10.3 Å². The highest BCUT2D eigenvalue weighted by molar-refractivity contribution is 7.91. The number of aliphatic carboxylic acids is 1. The fraction of sp³-hybridized carbons (Fsp3) is 0.217. The Morgan fingerprint density at radius 2 is 1.61 bits per heavy atom. The first-order valence-corrected chi connectivity index (χ1v) is 11.1. The molecule has 0 atom stereocenters. The number of aryl methyl sites for hydroxylation is 4. The lowest BCUT2D eigenvalue weighted by Crippen LogP contribution is -2.10. The highest BCUT2D eigenvalue weighted by Gasteiger charge is 2.23. The van der Waals surface area contributed by atoms with Gasteiger partial charge in [-0.3, -0.25) is 0 Å². The van der Waals surface area contributed by atoms with E-state index in [0.29, 0.717) is 5.69 Å². The summed E-state index contributed by atoms with van der Waals surface area (Å²) in [5, 5.41) is 11.9. The number of aromatic nitrogens is 1. The minimum atomic E-state index is -3.89. The van der Waals surface area contributed by atoms with Gasteiger partial charge in [-0.15, -0.1) is 0 Å². The summed E-state index contributed by atoms with van der Waals surface area (Å²) in [6, 6.07) is 12.9. The number of nitrogens with zero attached hydrogens (tertiary/aromatic N) is 1. The van der Waals surface area contributed by atoms with Gasteiger partial charge in [-0.2, -0.15) is 0 Å². The molecule has 1 aromatic heterocycles. The molecule has 0 bridgehead atoms. The number of carbonyl (C=O) groups is 1. The fourth-order valence-corrected chi connectivity index (χ4v) is 4.68. The third-order valence-electron chi connectivity index (χ3n) is 4.70. The molecule has 0 radical (unpaired) electrons. The molecule has 0 aliphatic rings. The van der Waals surface area contributed by atoms with Gasteiger partial charge in [0.2, 0.25) is 9.84 Å². The van der Waals surface area contributed by atoms with Crippen molar-refractivity contribution in [3.63, 3.8) is 0 Å². The molecule has 3 rings (SSSR count). The van der Waals surface area contributed by atoms with Crippen LogP contribution in [0.3, 0.4) is 0 Å². The molecule has 8 heteroatoms. The van der Waals surface area contributed by atoms with Crippen molar-refractivity contribution in [1.29, 1.82) is 0 Å². The maximum atomic E-state index is 13.3. The van der Waals surface area contributed by atoms with E-state index >= 15 is 0 Å². The number of ether oxygens (including phenoxy) is 1. The smallest absolute Gasteiger partial charge is 0.341 e. The number of nitrogens with one attached hydrogen (secondary N) is 1. The summed E-state index contributed by atoms with van der Waals surface area (Å²) in [6.07, 6.45) is 0. The number of hydrogen-bond acceptors (Lipinski definition) is 6. The number of hydrogen-bond donors (Lipinski definition) is 2. The van der Waals surface area contributed by atoms with Gasteiger partial charge in [-0.1, -0.05) is 17.7 Å². The Hall–Kier alpha value is -3.39. The highest BCUT2D eigenvalue weighted by atomic mass is 32.2. The van der Waals surface area contributed by atoms with Crippen LogP contribution in [0.4, 0.5) is 11.5 Å². The second kappa shape index (κ2) is 8.77. The zero-order valence-corrected chi connectivity index (χ0v) is 18.6. The van der Waals surface area contributed by atoms with Crippen molar-refractivity contribution in [2.24, 2.45) is 0 Å². The van der Waals surface area contributed by atoms with E-state index in [0.717, 1.165) is 22.4 Å². The van der Waals surface area contributed by atoms with Crippen LogP contribution in [0.2, 0.25) is 0 Å². The number of benzene rings is 2. The molecule has 0 saturated heterocycles. The summed E-state index contributed by atoms with van der Waals surface area (Å²) < 4.78 is 31.8. The van der Waals surface area contributed by atoms with Crippen molar-refractivity contribution in [3.05, 3.63) is 70.9 Å². The maximum absolute atomic E-state index is 13.3. The molecule has 0 saturated carbocycles. The molecule has 0 amide bonds. The molecular weight excluding hydrogens is 416 g/mol. The second-order valence-electron chi connectivity index (χ2n) is 7.36. The number of anilines is 2. The Morgan fingerprint density at radius 3 is 2.19 bits per heavy atom. The van der Waals surface area contributed by atoms with E-state index in [1.54, 1.807) is 13.0 Å². The van der Waals surface area contributed by atoms with Gasteiger partial charge < -0.3 is 15.2 Å². The largest absolute Gasteiger partial charge is 0.482 e. The monoisotopic (exact) mass is 440 g/mol. The first kappa shape index (κ1) is 22.3. The van der Waals surface area contributed by atoms with Crippen molar-refractivity contribution in [3.8, 4) is 5.75 Å². The average Bonchev–Trinajstić information content (AvgIpc) is 2.69. The zero-order valence-electron chi connectivity index (χ0n) is 17.8. The predicted octanol–water partition coefficient (Wildman–Crippen LogP) is 4.36. The summed E-state index contributed by atoms with van der Waals surface area (Å²) in [6.45, 7) is 7.22. The Labute approximate surface area is 181 Å². The molecular formula is C23H24N2O5S. The minimum absolute atomic E-state index is 0.0525. The van der Waals surface area contributed by atoms with E-state index in [4.69, 9.17) is 9.84 Å². The van der Waals surface area contributed by atoms with E-state index in [1.807, 2.05) is 32.9 Å². The standard InChI is InChI=1S/C23H24N2O5S/c1-14-11-15(2)22(16(3)12-14)25-23-20(10-5-17(4)24-23)31(28,29)19-8-6-18(7-9-19)30-13-21(26)27/h5-12H,13H2,1-4H3,(H,24,25)(H,26,27). The van der Waals surface area contributed by atoms with Crippen LogP contribution >= 0.6 is 0 Å². The van der Waals surface area contributed by atoms with Crippen LogP contribution in [0.5, 0.6) is 5.75 Å². The lowest BCUT2D eigenvalue weighted by atomic mass is 10.1. The lowest BCUT2D eigenvalue weighted by molar-refractivity contribution is -0.139. The molecule has 0 unspecified atom stereocenters. The SMILES string of the molecule is Cc1cc(C)c(Nc2nc(C)ccc2S(=O)(=O)c2ccc(OCC(=O)O)cc2)c(C)c1. The van der Waals surface area contributed by atoms with Crippen LogP contribution in [0.15, 0.2) is 58.3 Å². The second-order valence-corrected chi connectivity index (χ2v) is 9.27. The van der Waals surface area contributed by atoms with Crippen LogP contribution in [0.25, 0.3) is 0 Å². The molecule has 1 heterocycles. The molecule has 2 N–H and O–H groups in total. The molecule has 31 heavy (non-hydrogen) atoms. The van der Waals surface area contributed by atoms with E-state index in [-0.39, 0.29) is 21.4 Å². The van der Waals surface area contributed by atoms with Crippen molar-refractivity contribution >= 4 is 27.3 Å². The van der Waals surface area contributed by atoms with E-state index in [9.17, 15) is 13.2 Å². The quantitative estimate of drug-likeness (QED) is 0.562. The molecule has 0 aliphatic carbocycles. The predicted molar refractivity (Wildman–Crippen MR) is 118 cm³/mol. The van der Waals surface area contributed by atoms with Crippen LogP contribution in [-0.2, 0) is 14.6 Å². The van der Waals surface area contributed by atoms with Crippen LogP contribution in [0, 0.1) is 27.7 Å². The molecule has 2 aromatic carbocycles. The Balaban J connectivity index is 2.00. The zero-order chi connectivity index (χ0) is 22.8. The van der Waals surface area contributed by atoms with Crippen LogP contribution in [0.1, 0.15) is 22.4 Å². The van der Waals surface area contributed by atoms with Gasteiger partial charge in [0.05, 0.1) is 4.90 Å². The normalized spacial score (nSPS) is 11.2. The van der Waals surface area contributed by atoms with Gasteiger partial charge in [0.1, 0.15) is 16.5 Å². The van der Waals surface area contributed by atoms with Crippen LogP contribution in [-0.4, -0.2) is 31.1 Å². The molecule has 162 valence electrons. The Bertz CT molecular complexity index is 1210. The lowest BCUT2D eigenvalue weighted by Gasteiger charge is -2.17. The number of pyridine rings is 1. The summed E-state index contributed by atoms with van der Waals surface area (Å²) in [7, 11) is -3.89. The number of carboxylic acids is 1. The Morgan fingerprint density at radius 1 is 1.00 bits per heavy atom. The molecule has 0 spiro atoms. The van der Waals surface area contributed by atoms with Crippen molar-refractivity contribution in [1.82, 2.24) is 4.98 Å². The molecule has 0 aliphatic heterocycles. The Kier molecular flexibility index (Phi) is 6.31. The summed E-state index contributed by atoms with van der Waals surface area (Å²) >= 11 is 0. The van der Waals surface area contributed by atoms with Crippen molar-refractivity contribution < 1.29 is 23.1 Å². The van der Waals surface area contributed by atoms with Gasteiger partial charge in [0.15, 0.2) is 6.61 Å². The van der Waals surface area contributed by atoms with E-state index in [1.165, 1.54) is 30.3 Å².